The molecule has 24 heavy (non-hydrogen) atoms. The van der Waals surface area contributed by atoms with Gasteiger partial charge in [0.15, 0.2) is 0 Å². The number of halogens is 1. The van der Waals surface area contributed by atoms with E-state index >= 15 is 0 Å². The van der Waals surface area contributed by atoms with Gasteiger partial charge in [-0.25, -0.2) is 0 Å². The lowest BCUT2D eigenvalue weighted by Gasteiger charge is -2.31. The number of rotatable bonds is 5. The van der Waals surface area contributed by atoms with E-state index in [1.165, 1.54) is 0 Å². The molecule has 1 aliphatic heterocycles. The molecule has 1 aromatic heterocycles. The van der Waals surface area contributed by atoms with E-state index in [9.17, 15) is 4.79 Å². The minimum Gasteiger partial charge on any atom is -0.381 e. The summed E-state index contributed by atoms with van der Waals surface area (Å²) in [6.45, 7) is 1.48. The first-order valence-corrected chi connectivity index (χ1v) is 8.62. The molecule has 2 heterocycles. The Morgan fingerprint density at radius 1 is 1.25 bits per heavy atom. The molecule has 0 unspecified atom stereocenters. The summed E-state index contributed by atoms with van der Waals surface area (Å²) < 4.78 is 5.46. The van der Waals surface area contributed by atoms with Gasteiger partial charge in [0.25, 0.3) is 0 Å². The highest BCUT2D eigenvalue weighted by molar-refractivity contribution is 6.31. The van der Waals surface area contributed by atoms with Crippen molar-refractivity contribution in [3.63, 3.8) is 0 Å². The van der Waals surface area contributed by atoms with E-state index in [-0.39, 0.29) is 18.4 Å². The van der Waals surface area contributed by atoms with E-state index < -0.39 is 0 Å². The Labute approximate surface area is 147 Å². The highest BCUT2D eigenvalue weighted by atomic mass is 35.5. The summed E-state index contributed by atoms with van der Waals surface area (Å²) in [5.41, 5.74) is 1.88. The van der Waals surface area contributed by atoms with Crippen LogP contribution in [-0.2, 0) is 16.0 Å². The average molecular weight is 345 g/mol. The van der Waals surface area contributed by atoms with Crippen molar-refractivity contribution in [2.45, 2.75) is 25.3 Å². The van der Waals surface area contributed by atoms with Crippen LogP contribution in [0.5, 0.6) is 0 Å². The molecule has 0 radical (unpaired) electrons. The average Bonchev–Trinajstić information content (AvgIpc) is 2.63. The van der Waals surface area contributed by atoms with Crippen LogP contribution in [0.1, 0.15) is 30.0 Å². The normalized spacial score (nSPS) is 16.5. The molecule has 2 aromatic rings. The summed E-state index contributed by atoms with van der Waals surface area (Å²) in [6, 6.07) is 11.3. The van der Waals surface area contributed by atoms with Crippen molar-refractivity contribution in [1.82, 2.24) is 10.3 Å². The van der Waals surface area contributed by atoms with Crippen molar-refractivity contribution in [2.24, 2.45) is 5.92 Å². The van der Waals surface area contributed by atoms with Crippen molar-refractivity contribution in [3.8, 4) is 0 Å². The second-order valence-electron chi connectivity index (χ2n) is 6.05. The molecule has 1 aromatic carbocycles. The molecule has 1 saturated heterocycles. The predicted molar refractivity (Wildman–Crippen MR) is 93.8 cm³/mol. The third-order valence-electron chi connectivity index (χ3n) is 4.41. The molecule has 1 fully saturated rings. The quantitative estimate of drug-likeness (QED) is 0.902. The van der Waals surface area contributed by atoms with Gasteiger partial charge in [-0.1, -0.05) is 35.9 Å². The van der Waals surface area contributed by atoms with Gasteiger partial charge in [0.2, 0.25) is 5.91 Å². The van der Waals surface area contributed by atoms with E-state index in [1.807, 2.05) is 36.5 Å². The topological polar surface area (TPSA) is 51.2 Å². The lowest BCUT2D eigenvalue weighted by molar-refractivity contribution is -0.121. The molecular formula is C19H21ClN2O2. The van der Waals surface area contributed by atoms with Crippen molar-refractivity contribution < 1.29 is 9.53 Å². The molecule has 0 saturated carbocycles. The number of benzene rings is 1. The van der Waals surface area contributed by atoms with Gasteiger partial charge in [-0.05, 0) is 42.0 Å². The monoisotopic (exact) mass is 344 g/mol. The van der Waals surface area contributed by atoms with Crippen molar-refractivity contribution >= 4 is 17.5 Å². The second kappa shape index (κ2) is 8.27. The number of nitrogens with zero attached hydrogens (tertiary/aromatic N) is 1. The summed E-state index contributed by atoms with van der Waals surface area (Å²) in [6.07, 6.45) is 5.73. The maximum Gasteiger partial charge on any atom is 0.224 e. The first-order chi connectivity index (χ1) is 11.7. The lowest BCUT2D eigenvalue weighted by atomic mass is 9.87. The first kappa shape index (κ1) is 16.9. The van der Waals surface area contributed by atoms with Crippen molar-refractivity contribution in [2.75, 3.05) is 13.2 Å². The van der Waals surface area contributed by atoms with Crippen LogP contribution in [0, 0.1) is 5.92 Å². The van der Waals surface area contributed by atoms with Crippen LogP contribution in [0.3, 0.4) is 0 Å². The maximum absolute atomic E-state index is 12.6. The van der Waals surface area contributed by atoms with E-state index in [1.54, 1.807) is 12.3 Å². The Kier molecular flexibility index (Phi) is 5.83. The Hall–Kier alpha value is -1.91. The van der Waals surface area contributed by atoms with Gasteiger partial charge in [0, 0.05) is 30.6 Å². The van der Waals surface area contributed by atoms with Crippen LogP contribution in [0.2, 0.25) is 5.02 Å². The second-order valence-corrected chi connectivity index (χ2v) is 6.46. The van der Waals surface area contributed by atoms with Crippen LogP contribution in [0.15, 0.2) is 48.8 Å². The van der Waals surface area contributed by atoms with Crippen LogP contribution in [-0.4, -0.2) is 24.1 Å². The standard InChI is InChI=1S/C19H21ClN2O2/c20-17-6-2-1-4-15(17)12-18(23)22-19(14-7-10-24-11-8-14)16-5-3-9-21-13-16/h1-6,9,13-14,19H,7-8,10-12H2,(H,22,23)/t19-/m1/s1. The maximum atomic E-state index is 12.6. The fourth-order valence-electron chi connectivity index (χ4n) is 3.12. The van der Waals surface area contributed by atoms with Gasteiger partial charge in [-0.15, -0.1) is 0 Å². The largest absolute Gasteiger partial charge is 0.381 e. The Bertz CT molecular complexity index is 672. The van der Waals surface area contributed by atoms with Gasteiger partial charge < -0.3 is 10.1 Å². The summed E-state index contributed by atoms with van der Waals surface area (Å²) in [7, 11) is 0. The fourth-order valence-corrected chi connectivity index (χ4v) is 3.32. The highest BCUT2D eigenvalue weighted by Gasteiger charge is 2.27. The van der Waals surface area contributed by atoms with Crippen LogP contribution in [0.4, 0.5) is 0 Å². The number of amides is 1. The molecule has 0 aliphatic carbocycles. The number of ether oxygens (including phenoxy) is 1. The van der Waals surface area contributed by atoms with E-state index in [2.05, 4.69) is 10.3 Å². The Morgan fingerprint density at radius 3 is 2.75 bits per heavy atom. The molecule has 0 bridgehead atoms. The number of aromatic nitrogens is 1. The molecule has 1 N–H and O–H groups in total. The summed E-state index contributed by atoms with van der Waals surface area (Å²) >= 11 is 6.16. The molecule has 1 atom stereocenters. The zero-order valence-corrected chi connectivity index (χ0v) is 14.2. The molecule has 126 valence electrons. The smallest absolute Gasteiger partial charge is 0.224 e. The first-order valence-electron chi connectivity index (χ1n) is 8.24. The molecular weight excluding hydrogens is 324 g/mol. The van der Waals surface area contributed by atoms with Gasteiger partial charge in [0.1, 0.15) is 0 Å². The molecule has 1 amide bonds. The fraction of sp³-hybridized carbons (Fsp3) is 0.368. The lowest BCUT2D eigenvalue weighted by Crippen LogP contribution is -2.36. The zero-order chi connectivity index (χ0) is 16.8. The third kappa shape index (κ3) is 4.34. The minimum atomic E-state index is -0.0439. The number of hydrogen-bond donors (Lipinski definition) is 1. The number of carbonyl (C=O) groups is 1. The van der Waals surface area contributed by atoms with E-state index in [0.29, 0.717) is 10.9 Å². The van der Waals surface area contributed by atoms with Gasteiger partial charge >= 0.3 is 0 Å². The number of pyridine rings is 1. The van der Waals surface area contributed by atoms with Gasteiger partial charge in [-0.3, -0.25) is 9.78 Å². The summed E-state index contributed by atoms with van der Waals surface area (Å²) in [5.74, 6) is 0.335. The molecule has 0 spiro atoms. The van der Waals surface area contributed by atoms with Crippen LogP contribution >= 0.6 is 11.6 Å². The Morgan fingerprint density at radius 2 is 2.04 bits per heavy atom. The van der Waals surface area contributed by atoms with E-state index in [0.717, 1.165) is 37.2 Å². The van der Waals surface area contributed by atoms with Crippen LogP contribution in [0.25, 0.3) is 0 Å². The SMILES string of the molecule is O=C(Cc1ccccc1Cl)N[C@@H](c1cccnc1)C1CCOCC1. The zero-order valence-electron chi connectivity index (χ0n) is 13.5. The van der Waals surface area contributed by atoms with Crippen molar-refractivity contribution in [1.29, 1.82) is 0 Å². The predicted octanol–water partition coefficient (Wildman–Crippen LogP) is 3.56. The summed E-state index contributed by atoms with van der Waals surface area (Å²) in [4.78, 5) is 16.8. The van der Waals surface area contributed by atoms with Crippen molar-refractivity contribution in [3.05, 3.63) is 64.9 Å². The molecule has 3 rings (SSSR count). The summed E-state index contributed by atoms with van der Waals surface area (Å²) in [5, 5.41) is 3.81. The van der Waals surface area contributed by atoms with Crippen LogP contribution < -0.4 is 5.32 Å². The number of hydrogen-bond acceptors (Lipinski definition) is 3. The third-order valence-corrected chi connectivity index (χ3v) is 4.77. The van der Waals surface area contributed by atoms with Gasteiger partial charge in [0.05, 0.1) is 12.5 Å². The molecule has 5 heteroatoms. The minimum absolute atomic E-state index is 0.0246. The molecule has 1 aliphatic rings. The molecule has 4 nitrogen and oxygen atoms in total. The number of carbonyl (C=O) groups excluding carboxylic acids is 1. The highest BCUT2D eigenvalue weighted by Crippen LogP contribution is 2.30. The Balaban J connectivity index is 1.73. The van der Waals surface area contributed by atoms with Gasteiger partial charge in [-0.2, -0.15) is 0 Å². The van der Waals surface area contributed by atoms with E-state index in [4.69, 9.17) is 16.3 Å². The number of nitrogens with one attached hydrogen (secondary N) is 1.